The Bertz CT molecular complexity index is 830. The van der Waals surface area contributed by atoms with E-state index >= 15 is 0 Å². The first-order valence-electron chi connectivity index (χ1n) is 6.44. The lowest BCUT2D eigenvalue weighted by Crippen LogP contribution is -2.19. The first-order valence-corrected chi connectivity index (χ1v) is 6.84. The highest BCUT2D eigenvalue weighted by atomic mass is 32.1. The van der Waals surface area contributed by atoms with Gasteiger partial charge in [-0.05, 0) is 37.7 Å². The summed E-state index contributed by atoms with van der Waals surface area (Å²) in [5.74, 6) is -2.44. The molecule has 0 atom stereocenters. The summed E-state index contributed by atoms with van der Waals surface area (Å²) in [4.78, 5) is 28.8. The Balaban J connectivity index is 2.03. The average Bonchev–Trinajstić information content (AvgIpc) is 2.41. The molecule has 0 saturated heterocycles. The Morgan fingerprint density at radius 3 is 2.64 bits per heavy atom. The quantitative estimate of drug-likeness (QED) is 0.756. The molecular formula is C14H13F2N3O2S. The van der Waals surface area contributed by atoms with Crippen LogP contribution >= 0.6 is 12.2 Å². The summed E-state index contributed by atoms with van der Waals surface area (Å²) in [6, 6.07) is 3.08. The van der Waals surface area contributed by atoms with Crippen molar-refractivity contribution in [1.29, 1.82) is 0 Å². The molecule has 0 unspecified atom stereocenters. The van der Waals surface area contributed by atoms with Crippen LogP contribution in [0.5, 0.6) is 0 Å². The van der Waals surface area contributed by atoms with Crippen molar-refractivity contribution in [3.05, 3.63) is 56.2 Å². The number of carbonyl (C=O) groups excluding carboxylic acids is 1. The molecule has 0 bridgehead atoms. The van der Waals surface area contributed by atoms with Crippen LogP contribution in [0.3, 0.4) is 0 Å². The van der Waals surface area contributed by atoms with Crippen molar-refractivity contribution >= 4 is 23.8 Å². The van der Waals surface area contributed by atoms with Crippen LogP contribution in [0.2, 0.25) is 0 Å². The number of amides is 1. The number of benzene rings is 1. The Hall–Kier alpha value is -2.35. The first-order chi connectivity index (χ1) is 10.4. The highest BCUT2D eigenvalue weighted by molar-refractivity contribution is 7.71. The molecule has 0 fully saturated rings. The molecule has 0 aliphatic heterocycles. The Kier molecular flexibility index (Phi) is 4.81. The Morgan fingerprint density at radius 1 is 1.27 bits per heavy atom. The molecular weight excluding hydrogens is 312 g/mol. The normalized spacial score (nSPS) is 10.5. The van der Waals surface area contributed by atoms with Crippen LogP contribution in [0.15, 0.2) is 23.0 Å². The third-order valence-corrected chi connectivity index (χ3v) is 3.26. The summed E-state index contributed by atoms with van der Waals surface area (Å²) in [6.07, 6.45) is 0.219. The van der Waals surface area contributed by atoms with E-state index in [1.54, 1.807) is 6.92 Å². The Morgan fingerprint density at radius 2 is 2.00 bits per heavy atom. The van der Waals surface area contributed by atoms with Crippen LogP contribution in [-0.2, 0) is 11.2 Å². The molecule has 3 N–H and O–H groups in total. The Labute approximate surface area is 129 Å². The van der Waals surface area contributed by atoms with Gasteiger partial charge < -0.3 is 10.3 Å². The van der Waals surface area contributed by atoms with Gasteiger partial charge in [-0.25, -0.2) is 8.78 Å². The molecule has 5 nitrogen and oxygen atoms in total. The van der Waals surface area contributed by atoms with E-state index < -0.39 is 17.5 Å². The standard InChI is InChI=1S/C14H13F2N3O2S/c1-7-9(13(21)19-14(22)17-7)3-5-12(20)18-8-2-4-10(15)11(16)6-8/h2,4,6H,3,5H2,1H3,(H,18,20)(H2,17,19,21,22). The molecule has 1 aromatic carbocycles. The fraction of sp³-hybridized carbons (Fsp3) is 0.214. The van der Waals surface area contributed by atoms with Crippen molar-refractivity contribution in [2.75, 3.05) is 5.32 Å². The smallest absolute Gasteiger partial charge is 0.255 e. The first kappa shape index (κ1) is 16.0. The predicted octanol–water partition coefficient (Wildman–Crippen LogP) is 2.59. The summed E-state index contributed by atoms with van der Waals surface area (Å²) < 4.78 is 26.0. The SMILES string of the molecule is Cc1[nH]c(=S)[nH]c(=O)c1CCC(=O)Nc1ccc(F)c(F)c1. The maximum Gasteiger partial charge on any atom is 0.255 e. The summed E-state index contributed by atoms with van der Waals surface area (Å²) in [5, 5.41) is 2.44. The van der Waals surface area contributed by atoms with E-state index in [0.29, 0.717) is 11.3 Å². The number of hydrogen-bond donors (Lipinski definition) is 3. The summed E-state index contributed by atoms with van der Waals surface area (Å²) in [6.45, 7) is 1.69. The molecule has 1 amide bonds. The second kappa shape index (κ2) is 6.61. The minimum Gasteiger partial charge on any atom is -0.336 e. The summed E-state index contributed by atoms with van der Waals surface area (Å²) in [5.41, 5.74) is 0.826. The highest BCUT2D eigenvalue weighted by Gasteiger charge is 2.10. The van der Waals surface area contributed by atoms with E-state index in [1.165, 1.54) is 6.07 Å². The molecule has 2 aromatic rings. The number of carbonyl (C=O) groups is 1. The van der Waals surface area contributed by atoms with Gasteiger partial charge in [-0.1, -0.05) is 0 Å². The number of H-pyrrole nitrogens is 2. The van der Waals surface area contributed by atoms with E-state index in [2.05, 4.69) is 15.3 Å². The van der Waals surface area contributed by atoms with Gasteiger partial charge in [0.15, 0.2) is 16.4 Å². The lowest BCUT2D eigenvalue weighted by molar-refractivity contribution is -0.116. The van der Waals surface area contributed by atoms with Gasteiger partial charge in [-0.2, -0.15) is 0 Å². The van der Waals surface area contributed by atoms with Crippen LogP contribution in [0.1, 0.15) is 17.7 Å². The van der Waals surface area contributed by atoms with Crippen LogP contribution in [0.25, 0.3) is 0 Å². The third kappa shape index (κ3) is 3.85. The van der Waals surface area contributed by atoms with Gasteiger partial charge in [0.05, 0.1) is 0 Å². The van der Waals surface area contributed by atoms with Crippen molar-refractivity contribution in [3.63, 3.8) is 0 Å². The minimum atomic E-state index is -1.04. The van der Waals surface area contributed by atoms with Crippen molar-refractivity contribution < 1.29 is 13.6 Å². The maximum atomic E-state index is 13.0. The second-order valence-corrected chi connectivity index (χ2v) is 5.10. The van der Waals surface area contributed by atoms with E-state index in [0.717, 1.165) is 12.1 Å². The molecule has 0 saturated carbocycles. The lowest BCUT2D eigenvalue weighted by Gasteiger charge is -2.07. The molecule has 22 heavy (non-hydrogen) atoms. The minimum absolute atomic E-state index is 0.0214. The second-order valence-electron chi connectivity index (χ2n) is 4.69. The fourth-order valence-electron chi connectivity index (χ4n) is 1.96. The number of aromatic amines is 2. The third-order valence-electron chi connectivity index (χ3n) is 3.06. The molecule has 0 radical (unpaired) electrons. The molecule has 1 heterocycles. The van der Waals surface area contributed by atoms with Gasteiger partial charge >= 0.3 is 0 Å². The van der Waals surface area contributed by atoms with Crippen LogP contribution < -0.4 is 10.9 Å². The number of nitrogens with one attached hydrogen (secondary N) is 3. The molecule has 2 rings (SSSR count). The maximum absolute atomic E-state index is 13.0. The molecule has 0 spiro atoms. The van der Waals surface area contributed by atoms with Crippen molar-refractivity contribution in [2.45, 2.75) is 19.8 Å². The van der Waals surface area contributed by atoms with Crippen LogP contribution in [0, 0.1) is 23.3 Å². The summed E-state index contributed by atoms with van der Waals surface area (Å²) >= 11 is 4.84. The highest BCUT2D eigenvalue weighted by Crippen LogP contribution is 2.13. The van der Waals surface area contributed by atoms with Gasteiger partial charge in [0.1, 0.15) is 0 Å². The lowest BCUT2D eigenvalue weighted by atomic mass is 10.1. The zero-order valence-corrected chi connectivity index (χ0v) is 12.4. The van der Waals surface area contributed by atoms with E-state index in [9.17, 15) is 18.4 Å². The monoisotopic (exact) mass is 325 g/mol. The molecule has 0 aliphatic rings. The van der Waals surface area contributed by atoms with Gasteiger partial charge in [0, 0.05) is 29.4 Å². The fourth-order valence-corrected chi connectivity index (χ4v) is 2.21. The van der Waals surface area contributed by atoms with E-state index in [4.69, 9.17) is 12.2 Å². The van der Waals surface area contributed by atoms with Crippen LogP contribution in [0.4, 0.5) is 14.5 Å². The number of halogens is 2. The van der Waals surface area contributed by atoms with Crippen LogP contribution in [-0.4, -0.2) is 15.9 Å². The van der Waals surface area contributed by atoms with Gasteiger partial charge in [0.25, 0.3) is 5.56 Å². The van der Waals surface area contributed by atoms with E-state index in [1.807, 2.05) is 0 Å². The van der Waals surface area contributed by atoms with Crippen molar-refractivity contribution in [3.8, 4) is 0 Å². The molecule has 8 heteroatoms. The average molecular weight is 325 g/mol. The topological polar surface area (TPSA) is 77.8 Å². The van der Waals surface area contributed by atoms with Gasteiger partial charge in [-0.15, -0.1) is 0 Å². The number of rotatable bonds is 4. The number of aryl methyl sites for hydroxylation is 1. The van der Waals surface area contributed by atoms with Crippen molar-refractivity contribution in [1.82, 2.24) is 9.97 Å². The summed E-state index contributed by atoms with van der Waals surface area (Å²) in [7, 11) is 0. The largest absolute Gasteiger partial charge is 0.336 e. The zero-order valence-electron chi connectivity index (χ0n) is 11.6. The number of hydrogen-bond acceptors (Lipinski definition) is 3. The molecule has 116 valence electrons. The number of anilines is 1. The van der Waals surface area contributed by atoms with Gasteiger partial charge in [-0.3, -0.25) is 14.6 Å². The molecule has 0 aliphatic carbocycles. The zero-order chi connectivity index (χ0) is 16.3. The van der Waals surface area contributed by atoms with E-state index in [-0.39, 0.29) is 28.9 Å². The van der Waals surface area contributed by atoms with Crippen molar-refractivity contribution in [2.24, 2.45) is 0 Å². The predicted molar refractivity (Wildman–Crippen MR) is 80.3 cm³/mol. The molecule has 1 aromatic heterocycles. The number of aromatic nitrogens is 2. The van der Waals surface area contributed by atoms with Gasteiger partial charge in [0.2, 0.25) is 5.91 Å².